The van der Waals surface area contributed by atoms with Crippen LogP contribution in [-0.4, -0.2) is 9.97 Å². The van der Waals surface area contributed by atoms with Crippen LogP contribution in [0.15, 0.2) is 6.07 Å². The van der Waals surface area contributed by atoms with Crippen LogP contribution in [0.5, 0.6) is 0 Å². The summed E-state index contributed by atoms with van der Waals surface area (Å²) in [5, 5.41) is 0. The van der Waals surface area contributed by atoms with Gasteiger partial charge >= 0.3 is 0 Å². The Morgan fingerprint density at radius 2 is 2.23 bits per heavy atom. The summed E-state index contributed by atoms with van der Waals surface area (Å²) in [6.07, 6.45) is 1.88. The molecule has 1 heterocycles. The third kappa shape index (κ3) is 1.69. The van der Waals surface area contributed by atoms with Gasteiger partial charge in [-0.1, -0.05) is 13.8 Å². The van der Waals surface area contributed by atoms with Gasteiger partial charge < -0.3 is 0 Å². The van der Waals surface area contributed by atoms with E-state index in [-0.39, 0.29) is 5.95 Å². The maximum atomic E-state index is 13.0. The molecule has 0 bridgehead atoms. The minimum Gasteiger partial charge on any atom is -0.237 e. The van der Waals surface area contributed by atoms with Gasteiger partial charge in [0.1, 0.15) is 5.82 Å². The van der Waals surface area contributed by atoms with Gasteiger partial charge in [-0.05, 0) is 18.8 Å². The lowest BCUT2D eigenvalue weighted by atomic mass is 10.3. The summed E-state index contributed by atoms with van der Waals surface area (Å²) in [7, 11) is 0. The zero-order chi connectivity index (χ0) is 9.42. The molecule has 0 amide bonds. The predicted octanol–water partition coefficient (Wildman–Crippen LogP) is 2.30. The van der Waals surface area contributed by atoms with E-state index < -0.39 is 0 Å². The molecule has 3 heteroatoms. The molecule has 70 valence electrons. The van der Waals surface area contributed by atoms with E-state index in [4.69, 9.17) is 0 Å². The molecule has 2 unspecified atom stereocenters. The van der Waals surface area contributed by atoms with Crippen LogP contribution in [0.2, 0.25) is 0 Å². The molecule has 0 spiro atoms. The third-order valence-corrected chi connectivity index (χ3v) is 2.57. The van der Waals surface area contributed by atoms with Crippen molar-refractivity contribution in [1.29, 1.82) is 0 Å². The van der Waals surface area contributed by atoms with Gasteiger partial charge in [0.25, 0.3) is 0 Å². The van der Waals surface area contributed by atoms with E-state index in [1.54, 1.807) is 0 Å². The highest BCUT2D eigenvalue weighted by atomic mass is 19.1. The fraction of sp³-hybridized carbons (Fsp3) is 0.600. The van der Waals surface area contributed by atoms with Crippen molar-refractivity contribution >= 4 is 0 Å². The van der Waals surface area contributed by atoms with Gasteiger partial charge in [0, 0.05) is 17.7 Å². The maximum Gasteiger partial charge on any atom is 0.216 e. The highest BCUT2D eigenvalue weighted by molar-refractivity contribution is 5.13. The van der Waals surface area contributed by atoms with E-state index in [0.717, 1.165) is 18.5 Å². The summed E-state index contributed by atoms with van der Waals surface area (Å²) in [5.74, 6) is 1.35. The van der Waals surface area contributed by atoms with Crippen LogP contribution >= 0.6 is 0 Å². The molecule has 2 atom stereocenters. The predicted molar refractivity (Wildman–Crippen MR) is 47.9 cm³/mol. The molecule has 2 nitrogen and oxygen atoms in total. The number of hydrogen-bond donors (Lipinski definition) is 0. The molecule has 1 aromatic heterocycles. The molecule has 1 aromatic rings. The van der Waals surface area contributed by atoms with Gasteiger partial charge in [-0.25, -0.2) is 9.97 Å². The Balaban J connectivity index is 2.30. The lowest BCUT2D eigenvalue weighted by Crippen LogP contribution is -2.00. The molecule has 2 rings (SSSR count). The molecule has 1 aliphatic rings. The van der Waals surface area contributed by atoms with Crippen LogP contribution in [-0.2, 0) is 6.42 Å². The molecule has 0 N–H and O–H groups in total. The van der Waals surface area contributed by atoms with E-state index in [1.165, 1.54) is 6.07 Å². The first-order chi connectivity index (χ1) is 6.20. The Morgan fingerprint density at radius 3 is 2.77 bits per heavy atom. The monoisotopic (exact) mass is 180 g/mol. The van der Waals surface area contributed by atoms with Gasteiger partial charge in [0.15, 0.2) is 0 Å². The zero-order valence-electron chi connectivity index (χ0n) is 7.92. The van der Waals surface area contributed by atoms with Gasteiger partial charge in [-0.3, -0.25) is 0 Å². The average Bonchev–Trinajstić information content (AvgIpc) is 2.81. The second-order valence-electron chi connectivity index (χ2n) is 3.71. The molecule has 0 aromatic carbocycles. The summed E-state index contributed by atoms with van der Waals surface area (Å²) in [4.78, 5) is 8.13. The van der Waals surface area contributed by atoms with Crippen LogP contribution in [0.1, 0.15) is 37.7 Å². The van der Waals surface area contributed by atoms with Crippen molar-refractivity contribution in [3.63, 3.8) is 0 Å². The van der Waals surface area contributed by atoms with Crippen molar-refractivity contribution < 1.29 is 4.39 Å². The number of hydrogen-bond acceptors (Lipinski definition) is 2. The molecule has 1 fully saturated rings. The van der Waals surface area contributed by atoms with Crippen LogP contribution < -0.4 is 0 Å². The van der Waals surface area contributed by atoms with Crippen molar-refractivity contribution in [2.24, 2.45) is 5.92 Å². The van der Waals surface area contributed by atoms with Gasteiger partial charge in [-0.2, -0.15) is 4.39 Å². The zero-order valence-corrected chi connectivity index (χ0v) is 7.92. The van der Waals surface area contributed by atoms with Crippen LogP contribution in [0.25, 0.3) is 0 Å². The van der Waals surface area contributed by atoms with Crippen molar-refractivity contribution in [2.75, 3.05) is 0 Å². The van der Waals surface area contributed by atoms with Gasteiger partial charge in [0.05, 0.1) is 0 Å². The number of halogens is 1. The molecule has 0 aliphatic heterocycles. The molecular formula is C10H13FN2. The first-order valence-electron chi connectivity index (χ1n) is 4.74. The van der Waals surface area contributed by atoms with Crippen LogP contribution in [0.3, 0.4) is 0 Å². The van der Waals surface area contributed by atoms with Crippen molar-refractivity contribution in [3.8, 4) is 0 Å². The SMILES string of the molecule is CCc1cc(F)nc(C2CC2C)n1. The van der Waals surface area contributed by atoms with E-state index >= 15 is 0 Å². The Bertz CT molecular complexity index is 325. The topological polar surface area (TPSA) is 25.8 Å². The van der Waals surface area contributed by atoms with Gasteiger partial charge in [0.2, 0.25) is 5.95 Å². The number of aromatic nitrogens is 2. The van der Waals surface area contributed by atoms with Crippen LogP contribution in [0.4, 0.5) is 4.39 Å². The van der Waals surface area contributed by atoms with Gasteiger partial charge in [-0.15, -0.1) is 0 Å². The summed E-state index contributed by atoms with van der Waals surface area (Å²) in [5.41, 5.74) is 0.807. The minimum atomic E-state index is -0.388. The largest absolute Gasteiger partial charge is 0.237 e. The Hall–Kier alpha value is -0.990. The molecular weight excluding hydrogens is 167 g/mol. The highest BCUT2D eigenvalue weighted by Crippen LogP contribution is 2.45. The molecule has 0 saturated heterocycles. The number of aryl methyl sites for hydroxylation is 1. The lowest BCUT2D eigenvalue weighted by molar-refractivity contribution is 0.563. The van der Waals surface area contributed by atoms with E-state index in [0.29, 0.717) is 17.7 Å². The summed E-state index contributed by atoms with van der Waals surface area (Å²) in [6, 6.07) is 1.41. The molecule has 0 radical (unpaired) electrons. The quantitative estimate of drug-likeness (QED) is 0.652. The smallest absolute Gasteiger partial charge is 0.216 e. The fourth-order valence-electron chi connectivity index (χ4n) is 1.51. The maximum absolute atomic E-state index is 13.0. The normalized spacial score (nSPS) is 26.1. The number of nitrogens with zero attached hydrogens (tertiary/aromatic N) is 2. The van der Waals surface area contributed by atoms with Crippen molar-refractivity contribution in [1.82, 2.24) is 9.97 Å². The molecule has 13 heavy (non-hydrogen) atoms. The average molecular weight is 180 g/mol. The Labute approximate surface area is 77.2 Å². The van der Waals surface area contributed by atoms with Crippen molar-refractivity contribution in [2.45, 2.75) is 32.6 Å². The number of rotatable bonds is 2. The Morgan fingerprint density at radius 1 is 1.54 bits per heavy atom. The lowest BCUT2D eigenvalue weighted by Gasteiger charge is -2.00. The molecule has 1 aliphatic carbocycles. The fourth-order valence-corrected chi connectivity index (χ4v) is 1.51. The standard InChI is InChI=1S/C10H13FN2/c1-3-7-5-9(11)13-10(12-7)8-4-6(8)2/h5-6,8H,3-4H2,1-2H3. The van der Waals surface area contributed by atoms with E-state index in [9.17, 15) is 4.39 Å². The summed E-state index contributed by atoms with van der Waals surface area (Å²) < 4.78 is 13.0. The molecule has 1 saturated carbocycles. The minimum absolute atomic E-state index is 0.388. The first-order valence-corrected chi connectivity index (χ1v) is 4.74. The summed E-state index contributed by atoms with van der Waals surface area (Å²) >= 11 is 0. The Kier molecular flexibility index (Phi) is 2.02. The van der Waals surface area contributed by atoms with E-state index in [2.05, 4.69) is 16.9 Å². The highest BCUT2D eigenvalue weighted by Gasteiger charge is 2.36. The first kappa shape index (κ1) is 8.60. The second kappa shape index (κ2) is 3.05. The second-order valence-corrected chi connectivity index (χ2v) is 3.71. The third-order valence-electron chi connectivity index (χ3n) is 2.57. The van der Waals surface area contributed by atoms with E-state index in [1.807, 2.05) is 6.92 Å². The summed E-state index contributed by atoms with van der Waals surface area (Å²) in [6.45, 7) is 4.12. The van der Waals surface area contributed by atoms with Crippen molar-refractivity contribution in [3.05, 3.63) is 23.5 Å². The van der Waals surface area contributed by atoms with Crippen LogP contribution in [0, 0.1) is 11.9 Å².